The molecule has 1 aromatic heterocycles. The maximum atomic E-state index is 12.1. The molecule has 6 nitrogen and oxygen atoms in total. The minimum absolute atomic E-state index is 0.0465. The number of carbonyl (C=O) groups is 1. The summed E-state index contributed by atoms with van der Waals surface area (Å²) in [5, 5.41) is 9.73. The van der Waals surface area contributed by atoms with E-state index in [0.717, 1.165) is 22.4 Å². The first kappa shape index (κ1) is 18.1. The van der Waals surface area contributed by atoms with Crippen molar-refractivity contribution in [2.75, 3.05) is 12.4 Å². The van der Waals surface area contributed by atoms with E-state index in [2.05, 4.69) is 35.4 Å². The van der Waals surface area contributed by atoms with Crippen molar-refractivity contribution in [1.82, 2.24) is 10.2 Å². The molecule has 1 amide bonds. The molecule has 2 aromatic carbocycles. The van der Waals surface area contributed by atoms with Gasteiger partial charge < -0.3 is 14.8 Å². The van der Waals surface area contributed by atoms with Crippen molar-refractivity contribution in [3.05, 3.63) is 65.4 Å². The van der Waals surface area contributed by atoms with Crippen molar-refractivity contribution in [2.45, 2.75) is 32.1 Å². The summed E-state index contributed by atoms with van der Waals surface area (Å²) in [4.78, 5) is 12.1. The average molecular weight is 377 g/mol. The first-order valence-corrected chi connectivity index (χ1v) is 9.35. The summed E-state index contributed by atoms with van der Waals surface area (Å²) in [5.74, 6) is 2.91. The van der Waals surface area contributed by atoms with Crippen LogP contribution < -0.4 is 14.8 Å². The molecule has 1 unspecified atom stereocenters. The molecule has 2 heterocycles. The van der Waals surface area contributed by atoms with E-state index in [1.54, 1.807) is 7.11 Å². The van der Waals surface area contributed by atoms with Gasteiger partial charge in [0.05, 0.1) is 7.11 Å². The summed E-state index contributed by atoms with van der Waals surface area (Å²) in [6, 6.07) is 13.8. The van der Waals surface area contributed by atoms with E-state index < -0.39 is 0 Å². The van der Waals surface area contributed by atoms with Crippen LogP contribution in [0.4, 0.5) is 5.82 Å². The highest BCUT2D eigenvalue weighted by molar-refractivity contribution is 5.94. The molecule has 144 valence electrons. The number of rotatable bonds is 5. The molecule has 4 rings (SSSR count). The van der Waals surface area contributed by atoms with Crippen LogP contribution in [0.1, 0.15) is 48.8 Å². The number of hydrogen-bond donors (Lipinski definition) is 2. The Bertz CT molecular complexity index is 1010. The summed E-state index contributed by atoms with van der Waals surface area (Å²) >= 11 is 0. The summed E-state index contributed by atoms with van der Waals surface area (Å²) in [7, 11) is 1.62. The van der Waals surface area contributed by atoms with Gasteiger partial charge in [-0.1, -0.05) is 38.1 Å². The van der Waals surface area contributed by atoms with Gasteiger partial charge in [0, 0.05) is 24.1 Å². The van der Waals surface area contributed by atoms with Crippen LogP contribution in [0, 0.1) is 0 Å². The minimum atomic E-state index is -0.0756. The van der Waals surface area contributed by atoms with Crippen molar-refractivity contribution in [3.63, 3.8) is 0 Å². The zero-order chi connectivity index (χ0) is 19.7. The summed E-state index contributed by atoms with van der Waals surface area (Å²) in [5.41, 5.74) is 3.10. The Morgan fingerprint density at radius 1 is 1.11 bits per heavy atom. The average Bonchev–Trinajstić information content (AvgIpc) is 3.16. The predicted octanol–water partition coefficient (Wildman–Crippen LogP) is 4.81. The van der Waals surface area contributed by atoms with Crippen LogP contribution in [-0.2, 0) is 4.79 Å². The lowest BCUT2D eigenvalue weighted by atomic mass is 9.87. The third-order valence-electron chi connectivity index (χ3n) is 5.04. The monoisotopic (exact) mass is 377 g/mol. The molecule has 2 N–H and O–H groups in total. The fourth-order valence-electron chi connectivity index (χ4n) is 3.60. The minimum Gasteiger partial charge on any atom is -0.493 e. The van der Waals surface area contributed by atoms with Crippen LogP contribution in [0.5, 0.6) is 17.2 Å². The molecular weight excluding hydrogens is 354 g/mol. The highest BCUT2D eigenvalue weighted by Crippen LogP contribution is 2.41. The number of hydrogen-bond acceptors (Lipinski definition) is 4. The number of carbonyl (C=O) groups excluding carboxylic acids is 1. The van der Waals surface area contributed by atoms with Gasteiger partial charge in [0.2, 0.25) is 5.91 Å². The number of methoxy groups -OCH3 is 1. The van der Waals surface area contributed by atoms with Gasteiger partial charge in [0.25, 0.3) is 0 Å². The second-order valence-corrected chi connectivity index (χ2v) is 7.20. The number of aromatic nitrogens is 2. The lowest BCUT2D eigenvalue weighted by Crippen LogP contribution is -2.23. The van der Waals surface area contributed by atoms with Gasteiger partial charge >= 0.3 is 0 Å². The Morgan fingerprint density at radius 3 is 2.71 bits per heavy atom. The molecule has 0 saturated heterocycles. The lowest BCUT2D eigenvalue weighted by molar-refractivity contribution is -0.116. The number of benzene rings is 2. The molecule has 0 saturated carbocycles. The number of nitrogens with one attached hydrogen (secondary N) is 2. The maximum absolute atomic E-state index is 12.1. The summed E-state index contributed by atoms with van der Waals surface area (Å²) in [6.07, 6.45) is 2.20. The molecule has 3 aromatic rings. The van der Waals surface area contributed by atoms with Gasteiger partial charge in [0.15, 0.2) is 17.3 Å². The highest BCUT2D eigenvalue weighted by Gasteiger charge is 2.29. The third-order valence-corrected chi connectivity index (χ3v) is 5.04. The Hall–Kier alpha value is -3.28. The van der Waals surface area contributed by atoms with Crippen molar-refractivity contribution in [2.24, 2.45) is 0 Å². The number of H-pyrrole nitrogens is 1. The van der Waals surface area contributed by atoms with Crippen molar-refractivity contribution in [3.8, 4) is 17.2 Å². The van der Waals surface area contributed by atoms with Gasteiger partial charge in [-0.2, -0.15) is 5.10 Å². The van der Waals surface area contributed by atoms with Gasteiger partial charge in [-0.15, -0.1) is 0 Å². The predicted molar refractivity (Wildman–Crippen MR) is 107 cm³/mol. The summed E-state index contributed by atoms with van der Waals surface area (Å²) in [6.45, 7) is 4.28. The second kappa shape index (κ2) is 7.38. The first-order chi connectivity index (χ1) is 13.6. The van der Waals surface area contributed by atoms with Crippen molar-refractivity contribution < 1.29 is 14.3 Å². The lowest BCUT2D eigenvalue weighted by Gasteiger charge is -2.23. The van der Waals surface area contributed by atoms with Crippen LogP contribution in [-0.4, -0.2) is 23.2 Å². The number of nitrogens with zero attached hydrogens (tertiary/aromatic N) is 1. The SMILES string of the molecule is COc1cc(C2CC(=O)Nc3n[nH]cc32)ccc1Oc1ccccc1C(C)C. The van der Waals surface area contributed by atoms with E-state index in [9.17, 15) is 4.79 Å². The number of para-hydroxylation sites is 1. The number of ether oxygens (including phenoxy) is 2. The number of anilines is 1. The van der Waals surface area contributed by atoms with E-state index >= 15 is 0 Å². The maximum Gasteiger partial charge on any atom is 0.226 e. The smallest absolute Gasteiger partial charge is 0.226 e. The van der Waals surface area contributed by atoms with Crippen molar-refractivity contribution in [1.29, 1.82) is 0 Å². The van der Waals surface area contributed by atoms with Crippen LogP contribution in [0.15, 0.2) is 48.7 Å². The van der Waals surface area contributed by atoms with Gasteiger partial charge in [-0.05, 0) is 35.2 Å². The molecule has 0 spiro atoms. The summed E-state index contributed by atoms with van der Waals surface area (Å²) < 4.78 is 11.8. The van der Waals surface area contributed by atoms with Crippen molar-refractivity contribution >= 4 is 11.7 Å². The third kappa shape index (κ3) is 3.33. The Morgan fingerprint density at radius 2 is 1.93 bits per heavy atom. The molecule has 28 heavy (non-hydrogen) atoms. The Labute approximate surface area is 163 Å². The molecular formula is C22H23N3O3. The van der Waals surface area contributed by atoms with Crippen LogP contribution in [0.3, 0.4) is 0 Å². The van der Waals surface area contributed by atoms with E-state index in [-0.39, 0.29) is 11.8 Å². The van der Waals surface area contributed by atoms with E-state index in [4.69, 9.17) is 9.47 Å². The van der Waals surface area contributed by atoms with Crippen LogP contribution >= 0.6 is 0 Å². The molecule has 0 bridgehead atoms. The van der Waals surface area contributed by atoms with E-state index in [1.807, 2.05) is 42.6 Å². The zero-order valence-corrected chi connectivity index (χ0v) is 16.2. The number of amides is 1. The number of fused-ring (bicyclic) bond motifs is 1. The standard InChI is InChI=1S/C22H23N3O3/c1-13(2)15-6-4-5-7-18(15)28-19-9-8-14(10-20(19)27-3)16-11-21(26)24-22-17(16)12-23-25-22/h4-10,12-13,16H,11H2,1-3H3,(H2,23,24,25,26). The molecule has 1 aliphatic rings. The van der Waals surface area contributed by atoms with Gasteiger partial charge in [0.1, 0.15) is 5.75 Å². The topological polar surface area (TPSA) is 76.2 Å². The molecule has 0 radical (unpaired) electrons. The second-order valence-electron chi connectivity index (χ2n) is 7.20. The van der Waals surface area contributed by atoms with Crippen LogP contribution in [0.25, 0.3) is 0 Å². The quantitative estimate of drug-likeness (QED) is 0.669. The Balaban J connectivity index is 1.68. The van der Waals surface area contributed by atoms with Gasteiger partial charge in [-0.25, -0.2) is 0 Å². The fourth-order valence-corrected chi connectivity index (χ4v) is 3.60. The molecule has 0 aliphatic carbocycles. The Kier molecular flexibility index (Phi) is 4.77. The zero-order valence-electron chi connectivity index (χ0n) is 16.2. The first-order valence-electron chi connectivity index (χ1n) is 9.35. The van der Waals surface area contributed by atoms with E-state index in [1.165, 1.54) is 0 Å². The van der Waals surface area contributed by atoms with Crippen LogP contribution in [0.2, 0.25) is 0 Å². The normalized spacial score (nSPS) is 15.9. The van der Waals surface area contributed by atoms with E-state index in [0.29, 0.717) is 29.7 Å². The largest absolute Gasteiger partial charge is 0.493 e. The fraction of sp³-hybridized carbons (Fsp3) is 0.273. The molecule has 0 fully saturated rings. The van der Waals surface area contributed by atoms with Gasteiger partial charge in [-0.3, -0.25) is 9.89 Å². The molecule has 6 heteroatoms. The number of aromatic amines is 1. The molecule has 1 atom stereocenters. The molecule has 1 aliphatic heterocycles. The highest BCUT2D eigenvalue weighted by atomic mass is 16.5.